The molecular weight excluding hydrogens is 512 g/mol. The Labute approximate surface area is 213 Å². The number of oxazole rings is 1. The highest BCUT2D eigenvalue weighted by atomic mass is 32.2. The molecule has 0 saturated heterocycles. The van der Waals surface area contributed by atoms with E-state index in [1.807, 2.05) is 19.1 Å². The quantitative estimate of drug-likeness (QED) is 0.199. The van der Waals surface area contributed by atoms with Gasteiger partial charge in [0, 0.05) is 23.4 Å². The van der Waals surface area contributed by atoms with Crippen molar-refractivity contribution in [1.29, 1.82) is 0 Å². The summed E-state index contributed by atoms with van der Waals surface area (Å²) in [5.74, 6) is 0.632. The Morgan fingerprint density at radius 1 is 1.16 bits per heavy atom. The third-order valence-electron chi connectivity index (χ3n) is 5.34. The van der Waals surface area contributed by atoms with Crippen LogP contribution in [-0.4, -0.2) is 30.3 Å². The van der Waals surface area contributed by atoms with E-state index in [0.29, 0.717) is 35.6 Å². The second-order valence-corrected chi connectivity index (χ2v) is 9.65. The number of ether oxygens (including phenoxy) is 1. The third kappa shape index (κ3) is 7.43. The Balaban J connectivity index is 1.29. The van der Waals surface area contributed by atoms with Crippen LogP contribution in [0.5, 0.6) is 5.75 Å². The van der Waals surface area contributed by atoms with Gasteiger partial charge >= 0.3 is 6.18 Å². The first kappa shape index (κ1) is 26.4. The van der Waals surface area contributed by atoms with Gasteiger partial charge in [-0.1, -0.05) is 17.3 Å². The molecule has 4 aromatic rings. The molecule has 1 unspecified atom stereocenters. The van der Waals surface area contributed by atoms with Crippen molar-refractivity contribution in [3.05, 3.63) is 94.7 Å². The van der Waals surface area contributed by atoms with Gasteiger partial charge in [0.2, 0.25) is 5.89 Å². The second-order valence-electron chi connectivity index (χ2n) is 8.08. The lowest BCUT2D eigenvalue weighted by Gasteiger charge is -2.13. The fraction of sp³-hybridized carbons (Fsp3) is 0.240. The molecule has 1 atom stereocenters. The molecule has 0 aliphatic rings. The minimum atomic E-state index is -4.61. The van der Waals surface area contributed by atoms with Gasteiger partial charge in [-0.2, -0.15) is 13.2 Å². The molecule has 2 aromatic carbocycles. The summed E-state index contributed by atoms with van der Waals surface area (Å²) in [7, 11) is 0. The normalized spacial score (nSPS) is 12.8. The van der Waals surface area contributed by atoms with Gasteiger partial charge in [-0.25, -0.2) is 14.1 Å². The van der Waals surface area contributed by atoms with Gasteiger partial charge in [-0.15, -0.1) is 5.10 Å². The molecule has 7 nitrogen and oxygen atoms in total. The van der Waals surface area contributed by atoms with Crippen LogP contribution >= 0.6 is 0 Å². The van der Waals surface area contributed by atoms with Gasteiger partial charge in [-0.3, -0.25) is 0 Å². The number of nitrogens with zero attached hydrogens (tertiary/aromatic N) is 4. The number of hydrogen-bond donors (Lipinski definition) is 0. The summed E-state index contributed by atoms with van der Waals surface area (Å²) in [4.78, 5) is 4.22. The minimum Gasteiger partial charge on any atom is -0.616 e. The van der Waals surface area contributed by atoms with Crippen molar-refractivity contribution in [3.63, 3.8) is 0 Å². The van der Waals surface area contributed by atoms with Gasteiger partial charge in [-0.05, 0) is 54.0 Å². The molecule has 12 heteroatoms. The molecule has 0 aliphatic carbocycles. The summed E-state index contributed by atoms with van der Waals surface area (Å²) in [6.45, 7) is 2.55. The predicted octanol–water partition coefficient (Wildman–Crippen LogP) is 5.43. The first-order valence-electron chi connectivity index (χ1n) is 11.1. The molecule has 0 N–H and O–H groups in total. The highest BCUT2D eigenvalue weighted by molar-refractivity contribution is 7.90. The highest BCUT2D eigenvalue weighted by Gasteiger charge is 2.31. The molecule has 0 bridgehead atoms. The molecule has 2 heterocycles. The Morgan fingerprint density at radius 3 is 2.70 bits per heavy atom. The summed E-state index contributed by atoms with van der Waals surface area (Å²) >= 11 is -1.06. The maximum Gasteiger partial charge on any atom is 0.416 e. The van der Waals surface area contributed by atoms with E-state index in [4.69, 9.17) is 9.15 Å². The van der Waals surface area contributed by atoms with Gasteiger partial charge in [0.15, 0.2) is 0 Å². The van der Waals surface area contributed by atoms with Crippen LogP contribution in [0.25, 0.3) is 12.2 Å². The number of alkyl halides is 3. The molecule has 0 amide bonds. The topological polar surface area (TPSA) is 89.0 Å². The fourth-order valence-electron chi connectivity index (χ4n) is 3.34. The van der Waals surface area contributed by atoms with E-state index in [0.717, 1.165) is 23.3 Å². The van der Waals surface area contributed by atoms with Crippen LogP contribution in [0.4, 0.5) is 17.6 Å². The van der Waals surface area contributed by atoms with Crippen LogP contribution in [0, 0.1) is 12.7 Å². The minimum absolute atomic E-state index is 0.0288. The lowest BCUT2D eigenvalue weighted by molar-refractivity contribution is -0.137. The Hall–Kier alpha value is -3.64. The van der Waals surface area contributed by atoms with Gasteiger partial charge in [0.1, 0.15) is 41.6 Å². The molecule has 4 rings (SSSR count). The summed E-state index contributed by atoms with van der Waals surface area (Å²) in [5.41, 5.74) is 1.28. The largest absolute Gasteiger partial charge is 0.616 e. The molecule has 194 valence electrons. The van der Waals surface area contributed by atoms with Crippen LogP contribution in [0.15, 0.2) is 59.5 Å². The number of aryl methyl sites for hydroxylation is 2. The van der Waals surface area contributed by atoms with Crippen molar-refractivity contribution < 1.29 is 31.3 Å². The Kier molecular flexibility index (Phi) is 8.29. The van der Waals surface area contributed by atoms with Crippen LogP contribution < -0.4 is 4.74 Å². The second kappa shape index (κ2) is 11.6. The van der Waals surface area contributed by atoms with Crippen LogP contribution in [0.1, 0.15) is 33.8 Å². The van der Waals surface area contributed by atoms with Crippen LogP contribution in [0.3, 0.4) is 0 Å². The molecule has 0 aliphatic heterocycles. The molecular formula is C25H22F4N4O3S. The van der Waals surface area contributed by atoms with E-state index in [-0.39, 0.29) is 18.1 Å². The van der Waals surface area contributed by atoms with Crippen molar-refractivity contribution in [1.82, 2.24) is 20.0 Å². The van der Waals surface area contributed by atoms with Crippen molar-refractivity contribution >= 4 is 23.3 Å². The molecule has 2 aromatic heterocycles. The first-order chi connectivity index (χ1) is 17.7. The number of rotatable bonds is 10. The number of halogens is 4. The summed E-state index contributed by atoms with van der Waals surface area (Å²) < 4.78 is 77.1. The van der Waals surface area contributed by atoms with E-state index >= 15 is 0 Å². The first-order valence-corrected chi connectivity index (χ1v) is 12.6. The third-order valence-corrected chi connectivity index (χ3v) is 6.61. The molecule has 0 saturated carbocycles. The number of benzene rings is 2. The maximum atomic E-state index is 14.0. The average Bonchev–Trinajstić information content (AvgIpc) is 3.54. The summed E-state index contributed by atoms with van der Waals surface area (Å²) in [6, 6.07) is 7.79. The Morgan fingerprint density at radius 2 is 2.00 bits per heavy atom. The number of hydrogen-bond acceptors (Lipinski definition) is 6. The van der Waals surface area contributed by atoms with Gasteiger partial charge in [0.25, 0.3) is 0 Å². The van der Waals surface area contributed by atoms with E-state index in [9.17, 15) is 22.1 Å². The average molecular weight is 535 g/mol. The lowest BCUT2D eigenvalue weighted by Crippen LogP contribution is -2.16. The fourth-order valence-corrected chi connectivity index (χ4v) is 4.54. The molecule has 0 fully saturated rings. The zero-order valence-corrected chi connectivity index (χ0v) is 20.4. The van der Waals surface area contributed by atoms with Crippen molar-refractivity contribution in [2.75, 3.05) is 5.75 Å². The van der Waals surface area contributed by atoms with Crippen molar-refractivity contribution in [2.45, 2.75) is 32.0 Å². The maximum absolute atomic E-state index is 14.0. The lowest BCUT2D eigenvalue weighted by atomic mass is 10.1. The van der Waals surface area contributed by atoms with Crippen LogP contribution in [-0.2, 0) is 36.3 Å². The predicted molar refractivity (Wildman–Crippen MR) is 129 cm³/mol. The zero-order valence-electron chi connectivity index (χ0n) is 19.6. The monoisotopic (exact) mass is 534 g/mol. The smallest absolute Gasteiger partial charge is 0.416 e. The molecule has 37 heavy (non-hydrogen) atoms. The summed E-state index contributed by atoms with van der Waals surface area (Å²) in [6.07, 6.45) is 2.70. The SMILES string of the molecule is Cc1cc(OCc2coc(C=Cc3ccc(C(F)(F)F)cc3F)n2)ccc1C[S+]([O-])CCn1ccnn1. The van der Waals surface area contributed by atoms with Crippen molar-refractivity contribution in [3.8, 4) is 5.75 Å². The Bertz CT molecular complexity index is 1360. The summed E-state index contributed by atoms with van der Waals surface area (Å²) in [5, 5.41) is 7.58. The molecule has 0 spiro atoms. The van der Waals surface area contributed by atoms with Gasteiger partial charge in [0.05, 0.1) is 18.3 Å². The highest BCUT2D eigenvalue weighted by Crippen LogP contribution is 2.30. The van der Waals surface area contributed by atoms with Crippen molar-refractivity contribution in [2.24, 2.45) is 0 Å². The standard InChI is InChI=1S/C25H22F4N4O3S/c1-17-12-22(6-3-19(17)16-37(34)11-10-33-9-8-30-32-33)35-14-21-15-36-24(31-21)7-4-18-2-5-20(13-23(18)26)25(27,28)29/h2-9,12-13,15H,10-11,14,16H2,1H3. The van der Waals surface area contributed by atoms with E-state index in [1.165, 1.54) is 18.4 Å². The van der Waals surface area contributed by atoms with E-state index in [2.05, 4.69) is 15.3 Å². The number of aromatic nitrogens is 4. The van der Waals surface area contributed by atoms with E-state index < -0.39 is 28.7 Å². The zero-order chi connectivity index (χ0) is 26.4. The van der Waals surface area contributed by atoms with Crippen LogP contribution in [0.2, 0.25) is 0 Å². The van der Waals surface area contributed by atoms with Gasteiger partial charge < -0.3 is 13.7 Å². The molecule has 0 radical (unpaired) electrons. The van der Waals surface area contributed by atoms with E-state index in [1.54, 1.807) is 23.1 Å².